The molecule has 2 amide bonds. The Kier molecular flexibility index (Phi) is 4.71. The van der Waals surface area contributed by atoms with Crippen molar-refractivity contribution < 1.29 is 18.7 Å². The molecule has 3 heterocycles. The van der Waals surface area contributed by atoms with E-state index < -0.39 is 29.8 Å². The van der Waals surface area contributed by atoms with E-state index in [0.29, 0.717) is 22.6 Å². The van der Waals surface area contributed by atoms with Crippen molar-refractivity contribution in [1.82, 2.24) is 14.5 Å². The summed E-state index contributed by atoms with van der Waals surface area (Å²) in [5, 5.41) is 0. The lowest BCUT2D eigenvalue weighted by Crippen LogP contribution is -2.34. The van der Waals surface area contributed by atoms with E-state index in [1.165, 1.54) is 11.0 Å². The summed E-state index contributed by atoms with van der Waals surface area (Å²) in [6, 6.07) is 7.99. The first-order valence-corrected chi connectivity index (χ1v) is 8.96. The number of carbonyl (C=O) groups is 2. The molecule has 1 aromatic carbocycles. The SMILES string of the molecule is CC(C(N)=O)C1CN(c2ccc(-c3ccc(-n4ccnc4)nc3)c(F)c2)C(=O)O1. The highest BCUT2D eigenvalue weighted by Gasteiger charge is 2.37. The van der Waals surface area contributed by atoms with E-state index in [1.807, 2.05) is 0 Å². The van der Waals surface area contributed by atoms with Crippen molar-refractivity contribution in [2.45, 2.75) is 13.0 Å². The number of nitrogens with zero attached hydrogens (tertiary/aromatic N) is 4. The number of carbonyl (C=O) groups excluding carboxylic acids is 2. The third-order valence-corrected chi connectivity index (χ3v) is 4.93. The number of primary amides is 1. The van der Waals surface area contributed by atoms with Gasteiger partial charge in [-0.15, -0.1) is 0 Å². The third kappa shape index (κ3) is 3.54. The number of benzene rings is 1. The first-order chi connectivity index (χ1) is 13.9. The summed E-state index contributed by atoms with van der Waals surface area (Å²) in [6.45, 7) is 1.72. The van der Waals surface area contributed by atoms with Crippen LogP contribution in [-0.4, -0.2) is 39.2 Å². The second-order valence-electron chi connectivity index (χ2n) is 6.76. The van der Waals surface area contributed by atoms with Gasteiger partial charge >= 0.3 is 6.09 Å². The van der Waals surface area contributed by atoms with Gasteiger partial charge in [0.05, 0.1) is 18.2 Å². The zero-order chi connectivity index (χ0) is 20.5. The minimum atomic E-state index is -0.664. The lowest BCUT2D eigenvalue weighted by atomic mass is 10.0. The molecular weight excluding hydrogens is 377 g/mol. The number of imidazole rings is 1. The van der Waals surface area contributed by atoms with Crippen LogP contribution in [0.1, 0.15) is 6.92 Å². The fraction of sp³-hybridized carbons (Fsp3) is 0.200. The average Bonchev–Trinajstić information content (AvgIpc) is 3.37. The van der Waals surface area contributed by atoms with Gasteiger partial charge in [-0.25, -0.2) is 19.2 Å². The molecular formula is C20H18FN5O3. The standard InChI is InChI=1S/C20H18FN5O3/c1-12(19(22)27)17-10-26(20(28)29-17)14-3-4-15(16(21)8-14)13-2-5-18(24-9-13)25-7-6-23-11-25/h2-9,11-12,17H,10H2,1H3,(H2,22,27). The Hall–Kier alpha value is -3.75. The molecule has 1 fully saturated rings. The topological polar surface area (TPSA) is 103 Å². The van der Waals surface area contributed by atoms with Crippen molar-refractivity contribution in [3.8, 4) is 16.9 Å². The highest BCUT2D eigenvalue weighted by atomic mass is 19.1. The second-order valence-corrected chi connectivity index (χ2v) is 6.76. The molecule has 0 bridgehead atoms. The Balaban J connectivity index is 1.55. The smallest absolute Gasteiger partial charge is 0.414 e. The zero-order valence-corrected chi connectivity index (χ0v) is 15.5. The van der Waals surface area contributed by atoms with Crippen LogP contribution in [0.3, 0.4) is 0 Å². The maximum absolute atomic E-state index is 14.8. The van der Waals surface area contributed by atoms with E-state index >= 15 is 0 Å². The summed E-state index contributed by atoms with van der Waals surface area (Å²) in [5.74, 6) is -1.03. The molecule has 2 unspecified atom stereocenters. The number of hydrogen-bond acceptors (Lipinski definition) is 5. The van der Waals surface area contributed by atoms with E-state index in [0.717, 1.165) is 0 Å². The molecule has 1 aliphatic rings. The van der Waals surface area contributed by atoms with Gasteiger partial charge in [0.2, 0.25) is 5.91 Å². The number of ether oxygens (including phenoxy) is 1. The van der Waals surface area contributed by atoms with Gasteiger partial charge in [-0.05, 0) is 37.3 Å². The number of aromatic nitrogens is 3. The number of hydrogen-bond donors (Lipinski definition) is 1. The Morgan fingerprint density at radius 1 is 1.34 bits per heavy atom. The number of nitrogens with two attached hydrogens (primary N) is 1. The molecule has 9 heteroatoms. The largest absolute Gasteiger partial charge is 0.443 e. The molecule has 0 radical (unpaired) electrons. The van der Waals surface area contributed by atoms with Gasteiger partial charge in [-0.1, -0.05) is 0 Å². The molecule has 2 aromatic heterocycles. The summed E-state index contributed by atoms with van der Waals surface area (Å²) in [6.07, 6.45) is 5.30. The minimum Gasteiger partial charge on any atom is -0.443 e. The van der Waals surface area contributed by atoms with E-state index in [4.69, 9.17) is 10.5 Å². The highest BCUT2D eigenvalue weighted by molar-refractivity contribution is 5.91. The molecule has 148 valence electrons. The Labute approximate surface area is 165 Å². The Bertz CT molecular complexity index is 1050. The fourth-order valence-corrected chi connectivity index (χ4v) is 3.14. The monoisotopic (exact) mass is 395 g/mol. The minimum absolute atomic E-state index is 0.128. The van der Waals surface area contributed by atoms with Gasteiger partial charge in [0, 0.05) is 29.7 Å². The normalized spacial score (nSPS) is 17.2. The number of cyclic esters (lactones) is 1. The Morgan fingerprint density at radius 2 is 2.17 bits per heavy atom. The predicted molar refractivity (Wildman–Crippen MR) is 103 cm³/mol. The number of rotatable bonds is 5. The summed E-state index contributed by atoms with van der Waals surface area (Å²) in [7, 11) is 0. The maximum atomic E-state index is 14.8. The van der Waals surface area contributed by atoms with Crippen molar-refractivity contribution in [3.05, 3.63) is 61.1 Å². The van der Waals surface area contributed by atoms with Crippen molar-refractivity contribution in [1.29, 1.82) is 0 Å². The van der Waals surface area contributed by atoms with Gasteiger partial charge in [0.25, 0.3) is 0 Å². The summed E-state index contributed by atoms with van der Waals surface area (Å²) >= 11 is 0. The van der Waals surface area contributed by atoms with Gasteiger partial charge in [0.15, 0.2) is 0 Å². The maximum Gasteiger partial charge on any atom is 0.414 e. The molecule has 0 saturated carbocycles. The van der Waals surface area contributed by atoms with Crippen LogP contribution in [0.15, 0.2) is 55.2 Å². The number of anilines is 1. The zero-order valence-electron chi connectivity index (χ0n) is 15.5. The van der Waals surface area contributed by atoms with Crippen LogP contribution >= 0.6 is 0 Å². The van der Waals surface area contributed by atoms with Crippen LogP contribution < -0.4 is 10.6 Å². The predicted octanol–water partition coefficient (Wildman–Crippen LogP) is 2.52. The van der Waals surface area contributed by atoms with Gasteiger partial charge in [-0.2, -0.15) is 0 Å². The van der Waals surface area contributed by atoms with E-state index in [-0.39, 0.29) is 6.54 Å². The summed E-state index contributed by atoms with van der Waals surface area (Å²) in [4.78, 5) is 33.1. The average molecular weight is 395 g/mol. The summed E-state index contributed by atoms with van der Waals surface area (Å²) in [5.41, 5.74) is 6.58. The van der Waals surface area contributed by atoms with Crippen LogP contribution in [0.25, 0.3) is 16.9 Å². The molecule has 3 aromatic rings. The van der Waals surface area contributed by atoms with E-state index in [1.54, 1.807) is 60.7 Å². The number of halogens is 1. The number of amides is 2. The van der Waals surface area contributed by atoms with E-state index in [2.05, 4.69) is 9.97 Å². The number of pyridine rings is 1. The van der Waals surface area contributed by atoms with Gasteiger partial charge < -0.3 is 10.5 Å². The molecule has 2 N–H and O–H groups in total. The van der Waals surface area contributed by atoms with Crippen molar-refractivity contribution >= 4 is 17.7 Å². The lowest BCUT2D eigenvalue weighted by Gasteiger charge is -2.16. The molecule has 8 nitrogen and oxygen atoms in total. The Morgan fingerprint density at radius 3 is 2.79 bits per heavy atom. The molecule has 1 saturated heterocycles. The van der Waals surface area contributed by atoms with Crippen LogP contribution in [0.5, 0.6) is 0 Å². The van der Waals surface area contributed by atoms with Crippen LogP contribution in [0, 0.1) is 11.7 Å². The molecule has 2 atom stereocenters. The molecule has 29 heavy (non-hydrogen) atoms. The van der Waals surface area contributed by atoms with E-state index in [9.17, 15) is 14.0 Å². The molecule has 0 spiro atoms. The van der Waals surface area contributed by atoms with Crippen molar-refractivity contribution in [3.63, 3.8) is 0 Å². The van der Waals surface area contributed by atoms with Gasteiger partial charge in [-0.3, -0.25) is 14.3 Å². The molecule has 0 aliphatic carbocycles. The quantitative estimate of drug-likeness (QED) is 0.715. The summed E-state index contributed by atoms with van der Waals surface area (Å²) < 4.78 is 21.7. The fourth-order valence-electron chi connectivity index (χ4n) is 3.14. The highest BCUT2D eigenvalue weighted by Crippen LogP contribution is 2.30. The van der Waals surface area contributed by atoms with Crippen LogP contribution in [0.2, 0.25) is 0 Å². The van der Waals surface area contributed by atoms with Crippen molar-refractivity contribution in [2.75, 3.05) is 11.4 Å². The van der Waals surface area contributed by atoms with Crippen LogP contribution in [-0.2, 0) is 9.53 Å². The molecule has 4 rings (SSSR count). The second kappa shape index (κ2) is 7.34. The first kappa shape index (κ1) is 18.6. The lowest BCUT2D eigenvalue weighted by molar-refractivity contribution is -0.123. The van der Waals surface area contributed by atoms with Crippen molar-refractivity contribution in [2.24, 2.45) is 11.7 Å². The van der Waals surface area contributed by atoms with Gasteiger partial charge in [0.1, 0.15) is 24.1 Å². The third-order valence-electron chi connectivity index (χ3n) is 4.93. The first-order valence-electron chi connectivity index (χ1n) is 8.96. The molecule has 1 aliphatic heterocycles. The van der Waals surface area contributed by atoms with Crippen LogP contribution in [0.4, 0.5) is 14.9 Å².